The van der Waals surface area contributed by atoms with Crippen LogP contribution in [0.2, 0.25) is 0 Å². The largest absolute Gasteiger partial charge is 0.228 e. The first kappa shape index (κ1) is 31.1. The lowest BCUT2D eigenvalue weighted by Gasteiger charge is -2.14. The summed E-state index contributed by atoms with van der Waals surface area (Å²) in [5.41, 5.74) is 12.0. The summed E-state index contributed by atoms with van der Waals surface area (Å²) in [4.78, 5) is 10.3. The van der Waals surface area contributed by atoms with Crippen molar-refractivity contribution in [1.82, 2.24) is 9.97 Å². The van der Waals surface area contributed by atoms with Gasteiger partial charge in [0.2, 0.25) is 0 Å². The van der Waals surface area contributed by atoms with Gasteiger partial charge in [0.05, 0.1) is 11.4 Å². The van der Waals surface area contributed by atoms with Gasteiger partial charge in [0.25, 0.3) is 0 Å². The Bertz CT molecular complexity index is 2860. The Morgan fingerprint density at radius 1 is 0.340 bits per heavy atom. The van der Waals surface area contributed by atoms with Gasteiger partial charge in [-0.2, -0.15) is 0 Å². The van der Waals surface area contributed by atoms with Crippen LogP contribution in [0.15, 0.2) is 194 Å². The quantitative estimate of drug-likeness (QED) is 0.173. The van der Waals surface area contributed by atoms with Crippen molar-refractivity contribution in [2.24, 2.45) is 0 Å². The molecule has 0 amide bonds. The van der Waals surface area contributed by atoms with E-state index in [-0.39, 0.29) is 0 Å². The fraction of sp³-hybridized carbons (Fsp3) is 0. The molecule has 0 atom stereocenters. The highest BCUT2D eigenvalue weighted by atomic mass is 32.1. The summed E-state index contributed by atoms with van der Waals surface area (Å²) < 4.78 is 2.60. The SMILES string of the molecule is c1ccc(-c2cc(-c3cc(-c4ccccc4)nc(-c4ccccc4)n3)cc(-c3cccc4sc5c6cc(-c7ccccc7)ccc6ccc5c34)c2)cc1. The van der Waals surface area contributed by atoms with E-state index in [9.17, 15) is 0 Å². The van der Waals surface area contributed by atoms with Crippen LogP contribution in [0.1, 0.15) is 0 Å². The van der Waals surface area contributed by atoms with Crippen molar-refractivity contribution in [3.8, 4) is 67.3 Å². The highest BCUT2D eigenvalue weighted by molar-refractivity contribution is 7.26. The van der Waals surface area contributed by atoms with Gasteiger partial charge in [-0.15, -0.1) is 11.3 Å². The number of hydrogen-bond acceptors (Lipinski definition) is 3. The minimum absolute atomic E-state index is 0.710. The van der Waals surface area contributed by atoms with Crippen molar-refractivity contribution in [2.75, 3.05) is 0 Å². The van der Waals surface area contributed by atoms with Crippen molar-refractivity contribution in [2.45, 2.75) is 0 Å². The van der Waals surface area contributed by atoms with E-state index < -0.39 is 0 Å². The molecule has 8 aromatic carbocycles. The van der Waals surface area contributed by atoms with Crippen molar-refractivity contribution in [1.29, 1.82) is 0 Å². The lowest BCUT2D eigenvalue weighted by atomic mass is 9.92. The van der Waals surface area contributed by atoms with Crippen LogP contribution in [-0.4, -0.2) is 9.97 Å². The standard InChI is InChI=1S/C50H32N2S/c1-5-14-33(15-6-1)38-25-24-35-26-27-43-48-42(22-13-23-47(48)53-49(43)44(35)31-38)40-28-39(34-16-7-2-8-17-34)29-41(30-40)46-32-45(36-18-9-3-10-19-36)51-50(52-46)37-20-11-4-12-21-37/h1-32H. The molecule has 10 rings (SSSR count). The summed E-state index contributed by atoms with van der Waals surface area (Å²) >= 11 is 1.88. The van der Waals surface area contributed by atoms with E-state index in [0.717, 1.165) is 44.8 Å². The van der Waals surface area contributed by atoms with E-state index in [4.69, 9.17) is 9.97 Å². The Morgan fingerprint density at radius 3 is 1.60 bits per heavy atom. The Labute approximate surface area is 312 Å². The van der Waals surface area contributed by atoms with E-state index in [0.29, 0.717) is 5.82 Å². The highest BCUT2D eigenvalue weighted by Crippen LogP contribution is 2.45. The van der Waals surface area contributed by atoms with Crippen LogP contribution in [0.5, 0.6) is 0 Å². The molecule has 248 valence electrons. The van der Waals surface area contributed by atoms with E-state index in [2.05, 4.69) is 170 Å². The fourth-order valence-electron chi connectivity index (χ4n) is 7.45. The van der Waals surface area contributed by atoms with E-state index >= 15 is 0 Å². The van der Waals surface area contributed by atoms with Gasteiger partial charge in [0, 0.05) is 42.2 Å². The zero-order valence-corrected chi connectivity index (χ0v) is 29.6. The third kappa shape index (κ3) is 5.78. The average Bonchev–Trinajstić information content (AvgIpc) is 3.64. The number of aromatic nitrogens is 2. The Hall–Kier alpha value is -6.68. The van der Waals surface area contributed by atoms with Gasteiger partial charge in [-0.05, 0) is 75.2 Å². The molecular formula is C50H32N2S. The lowest BCUT2D eigenvalue weighted by molar-refractivity contribution is 1.18. The topological polar surface area (TPSA) is 25.8 Å². The van der Waals surface area contributed by atoms with Gasteiger partial charge in [-0.1, -0.05) is 158 Å². The van der Waals surface area contributed by atoms with Crippen LogP contribution in [0.4, 0.5) is 0 Å². The van der Waals surface area contributed by atoms with Crippen molar-refractivity contribution < 1.29 is 0 Å². The van der Waals surface area contributed by atoms with Crippen LogP contribution < -0.4 is 0 Å². The molecule has 3 heteroatoms. The van der Waals surface area contributed by atoms with Gasteiger partial charge < -0.3 is 0 Å². The number of hydrogen-bond donors (Lipinski definition) is 0. The maximum atomic E-state index is 5.23. The normalized spacial score (nSPS) is 11.4. The minimum atomic E-state index is 0.710. The molecule has 0 bridgehead atoms. The number of rotatable bonds is 6. The first-order valence-electron chi connectivity index (χ1n) is 17.9. The number of fused-ring (bicyclic) bond motifs is 5. The average molecular weight is 693 g/mol. The van der Waals surface area contributed by atoms with Crippen LogP contribution in [0.3, 0.4) is 0 Å². The van der Waals surface area contributed by atoms with E-state index in [1.54, 1.807) is 0 Å². The monoisotopic (exact) mass is 692 g/mol. The molecule has 0 aliphatic rings. The predicted molar refractivity (Wildman–Crippen MR) is 225 cm³/mol. The number of thiophene rings is 1. The van der Waals surface area contributed by atoms with Crippen LogP contribution in [-0.2, 0) is 0 Å². The molecule has 2 heterocycles. The second-order valence-corrected chi connectivity index (χ2v) is 14.4. The van der Waals surface area contributed by atoms with Gasteiger partial charge in [-0.3, -0.25) is 0 Å². The first-order chi connectivity index (χ1) is 26.2. The van der Waals surface area contributed by atoms with Crippen molar-refractivity contribution in [3.63, 3.8) is 0 Å². The first-order valence-corrected chi connectivity index (χ1v) is 18.7. The molecule has 0 radical (unpaired) electrons. The smallest absolute Gasteiger partial charge is 0.160 e. The number of nitrogens with zero attached hydrogens (tertiary/aromatic N) is 2. The molecule has 0 aliphatic heterocycles. The molecular weight excluding hydrogens is 661 g/mol. The summed E-state index contributed by atoms with van der Waals surface area (Å²) in [6.07, 6.45) is 0. The minimum Gasteiger partial charge on any atom is -0.228 e. The molecule has 10 aromatic rings. The Balaban J connectivity index is 1.20. The third-order valence-corrected chi connectivity index (χ3v) is 11.3. The molecule has 0 fully saturated rings. The molecule has 0 unspecified atom stereocenters. The van der Waals surface area contributed by atoms with Crippen LogP contribution >= 0.6 is 11.3 Å². The summed E-state index contributed by atoms with van der Waals surface area (Å²) in [7, 11) is 0. The molecule has 2 nitrogen and oxygen atoms in total. The zero-order valence-electron chi connectivity index (χ0n) is 28.8. The highest BCUT2D eigenvalue weighted by Gasteiger charge is 2.17. The second kappa shape index (κ2) is 13.1. The van der Waals surface area contributed by atoms with Crippen LogP contribution in [0, 0.1) is 0 Å². The molecule has 0 saturated heterocycles. The zero-order chi connectivity index (χ0) is 35.1. The summed E-state index contributed by atoms with van der Waals surface area (Å²) in [6, 6.07) is 69.2. The van der Waals surface area contributed by atoms with E-state index in [1.807, 2.05) is 35.6 Å². The summed E-state index contributed by atoms with van der Waals surface area (Å²) in [5, 5.41) is 5.11. The van der Waals surface area contributed by atoms with Gasteiger partial charge >= 0.3 is 0 Å². The molecule has 53 heavy (non-hydrogen) atoms. The Morgan fingerprint density at radius 2 is 0.906 bits per heavy atom. The second-order valence-electron chi connectivity index (χ2n) is 13.4. The van der Waals surface area contributed by atoms with Gasteiger partial charge in [0.15, 0.2) is 5.82 Å². The maximum absolute atomic E-state index is 5.23. The van der Waals surface area contributed by atoms with E-state index in [1.165, 1.54) is 47.6 Å². The fourth-order valence-corrected chi connectivity index (χ4v) is 8.71. The number of benzene rings is 8. The van der Waals surface area contributed by atoms with Crippen LogP contribution in [0.25, 0.3) is 98.2 Å². The molecule has 0 spiro atoms. The molecule has 0 aliphatic carbocycles. The molecule has 2 aromatic heterocycles. The van der Waals surface area contributed by atoms with Crippen molar-refractivity contribution in [3.05, 3.63) is 194 Å². The predicted octanol–water partition coefficient (Wildman–Crippen LogP) is 14.0. The summed E-state index contributed by atoms with van der Waals surface area (Å²) in [5.74, 6) is 0.710. The summed E-state index contributed by atoms with van der Waals surface area (Å²) in [6.45, 7) is 0. The molecule has 0 saturated carbocycles. The maximum Gasteiger partial charge on any atom is 0.160 e. The van der Waals surface area contributed by atoms with Crippen molar-refractivity contribution >= 4 is 42.3 Å². The van der Waals surface area contributed by atoms with Gasteiger partial charge in [-0.25, -0.2) is 9.97 Å². The molecule has 0 N–H and O–H groups in total. The third-order valence-electron chi connectivity index (χ3n) is 10.1. The Kier molecular flexibility index (Phi) is 7.71. The van der Waals surface area contributed by atoms with Gasteiger partial charge in [0.1, 0.15) is 0 Å². The lowest BCUT2D eigenvalue weighted by Crippen LogP contribution is -1.96.